The SMILES string of the molecule is COc1ccc([C@H]2CC(=O)C3=C(C2)Nc2ccccc2N[C@H]3c2ccccc2OC(C)C)cc1OC. The number of allylic oxidation sites excluding steroid dienone is 1. The van der Waals surface area contributed by atoms with E-state index < -0.39 is 0 Å². The summed E-state index contributed by atoms with van der Waals surface area (Å²) in [4.78, 5) is 13.9. The lowest BCUT2D eigenvalue weighted by atomic mass is 9.78. The largest absolute Gasteiger partial charge is 0.493 e. The van der Waals surface area contributed by atoms with Crippen molar-refractivity contribution >= 4 is 17.2 Å². The van der Waals surface area contributed by atoms with Gasteiger partial charge in [-0.1, -0.05) is 36.4 Å². The lowest BCUT2D eigenvalue weighted by Crippen LogP contribution is -2.27. The predicted octanol–water partition coefficient (Wildman–Crippen LogP) is 6.47. The van der Waals surface area contributed by atoms with Crippen LogP contribution in [0.3, 0.4) is 0 Å². The molecule has 0 unspecified atom stereocenters. The molecule has 0 aromatic heterocycles. The minimum Gasteiger partial charge on any atom is -0.493 e. The normalized spacial score (nSPS) is 19.0. The molecular weight excluding hydrogens is 452 g/mol. The number of benzene rings is 3. The van der Waals surface area contributed by atoms with Crippen molar-refractivity contribution in [1.29, 1.82) is 0 Å². The fraction of sp³-hybridized carbons (Fsp3) is 0.300. The highest BCUT2D eigenvalue weighted by Crippen LogP contribution is 2.46. The summed E-state index contributed by atoms with van der Waals surface area (Å²) in [5.41, 5.74) is 5.62. The lowest BCUT2D eigenvalue weighted by molar-refractivity contribution is -0.116. The summed E-state index contributed by atoms with van der Waals surface area (Å²) >= 11 is 0. The maximum Gasteiger partial charge on any atom is 0.163 e. The van der Waals surface area contributed by atoms with Crippen LogP contribution in [0.15, 0.2) is 78.0 Å². The van der Waals surface area contributed by atoms with Crippen molar-refractivity contribution in [2.45, 2.75) is 44.8 Å². The molecule has 3 aromatic carbocycles. The Bertz CT molecular complexity index is 1310. The monoisotopic (exact) mass is 484 g/mol. The molecule has 0 saturated heterocycles. The average Bonchev–Trinajstić information content (AvgIpc) is 3.05. The minimum atomic E-state index is -0.329. The van der Waals surface area contributed by atoms with E-state index in [0.717, 1.165) is 39.5 Å². The zero-order valence-corrected chi connectivity index (χ0v) is 21.1. The Kier molecular flexibility index (Phi) is 6.59. The number of ether oxygens (including phenoxy) is 3. The van der Waals surface area contributed by atoms with E-state index in [-0.39, 0.29) is 23.8 Å². The molecule has 2 aliphatic rings. The third kappa shape index (κ3) is 4.51. The van der Waals surface area contributed by atoms with Crippen LogP contribution < -0.4 is 24.8 Å². The van der Waals surface area contributed by atoms with E-state index in [2.05, 4.69) is 10.6 Å². The van der Waals surface area contributed by atoms with Crippen molar-refractivity contribution in [1.82, 2.24) is 0 Å². The van der Waals surface area contributed by atoms with E-state index in [1.54, 1.807) is 14.2 Å². The summed E-state index contributed by atoms with van der Waals surface area (Å²) in [6.45, 7) is 4.02. The van der Waals surface area contributed by atoms with E-state index in [4.69, 9.17) is 14.2 Å². The fourth-order valence-electron chi connectivity index (χ4n) is 5.15. The van der Waals surface area contributed by atoms with Crippen LogP contribution in [-0.2, 0) is 4.79 Å². The van der Waals surface area contributed by atoms with Crippen LogP contribution >= 0.6 is 0 Å². The molecule has 0 fully saturated rings. The highest BCUT2D eigenvalue weighted by atomic mass is 16.5. The Labute approximate surface area is 212 Å². The minimum absolute atomic E-state index is 0.0206. The van der Waals surface area contributed by atoms with E-state index in [9.17, 15) is 4.79 Å². The summed E-state index contributed by atoms with van der Waals surface area (Å²) in [7, 11) is 3.25. The van der Waals surface area contributed by atoms with Gasteiger partial charge in [-0.25, -0.2) is 0 Å². The van der Waals surface area contributed by atoms with Crippen molar-refractivity contribution < 1.29 is 19.0 Å². The first-order valence-corrected chi connectivity index (χ1v) is 12.3. The van der Waals surface area contributed by atoms with Gasteiger partial charge in [0.25, 0.3) is 0 Å². The van der Waals surface area contributed by atoms with Crippen LogP contribution in [0.25, 0.3) is 0 Å². The topological polar surface area (TPSA) is 68.8 Å². The second-order valence-corrected chi connectivity index (χ2v) is 9.49. The van der Waals surface area contributed by atoms with Gasteiger partial charge in [-0.15, -0.1) is 0 Å². The van der Waals surface area contributed by atoms with Crippen molar-refractivity contribution in [2.24, 2.45) is 0 Å². The third-order valence-corrected chi connectivity index (χ3v) is 6.78. The van der Waals surface area contributed by atoms with Gasteiger partial charge in [0.2, 0.25) is 0 Å². The van der Waals surface area contributed by atoms with Crippen molar-refractivity contribution in [3.8, 4) is 17.2 Å². The number of rotatable bonds is 6. The predicted molar refractivity (Wildman–Crippen MR) is 142 cm³/mol. The van der Waals surface area contributed by atoms with Gasteiger partial charge >= 0.3 is 0 Å². The van der Waals surface area contributed by atoms with E-state index in [1.165, 1.54) is 0 Å². The van der Waals surface area contributed by atoms with Gasteiger partial charge in [-0.05, 0) is 62.1 Å². The Morgan fingerprint density at radius 3 is 2.31 bits per heavy atom. The van der Waals surface area contributed by atoms with Crippen molar-refractivity contribution in [3.05, 3.63) is 89.1 Å². The molecule has 186 valence electrons. The van der Waals surface area contributed by atoms with Crippen molar-refractivity contribution in [2.75, 3.05) is 24.9 Å². The van der Waals surface area contributed by atoms with Crippen LogP contribution in [-0.4, -0.2) is 26.1 Å². The number of anilines is 2. The summed E-state index contributed by atoms with van der Waals surface area (Å²) in [6.07, 6.45) is 1.14. The van der Waals surface area contributed by atoms with Crippen LogP contribution in [0, 0.1) is 0 Å². The third-order valence-electron chi connectivity index (χ3n) is 6.78. The van der Waals surface area contributed by atoms with Gasteiger partial charge in [0.15, 0.2) is 17.3 Å². The summed E-state index contributed by atoms with van der Waals surface area (Å²) in [5.74, 6) is 2.27. The number of methoxy groups -OCH3 is 2. The van der Waals surface area contributed by atoms with E-state index in [1.807, 2.05) is 80.6 Å². The van der Waals surface area contributed by atoms with Gasteiger partial charge in [-0.3, -0.25) is 4.79 Å². The summed E-state index contributed by atoms with van der Waals surface area (Å²) < 4.78 is 17.1. The molecular formula is C30H32N2O4. The Morgan fingerprint density at radius 2 is 1.56 bits per heavy atom. The zero-order valence-electron chi connectivity index (χ0n) is 21.1. The molecule has 0 saturated carbocycles. The smallest absolute Gasteiger partial charge is 0.163 e. The van der Waals surface area contributed by atoms with Gasteiger partial charge in [0.05, 0.1) is 37.7 Å². The molecule has 0 bridgehead atoms. The van der Waals surface area contributed by atoms with E-state index >= 15 is 0 Å². The molecule has 0 radical (unpaired) electrons. The number of para-hydroxylation sites is 3. The maximum atomic E-state index is 13.9. The number of carbonyl (C=O) groups excluding carboxylic acids is 1. The first-order valence-electron chi connectivity index (χ1n) is 12.3. The van der Waals surface area contributed by atoms with Gasteiger partial charge in [0, 0.05) is 23.3 Å². The number of nitrogens with one attached hydrogen (secondary N) is 2. The molecule has 1 aliphatic carbocycles. The number of hydrogen-bond donors (Lipinski definition) is 2. The van der Waals surface area contributed by atoms with Crippen LogP contribution in [0.5, 0.6) is 17.2 Å². The molecule has 36 heavy (non-hydrogen) atoms. The number of ketones is 1. The number of hydrogen-bond acceptors (Lipinski definition) is 6. The molecule has 2 N–H and O–H groups in total. The molecule has 1 heterocycles. The quantitative estimate of drug-likeness (QED) is 0.418. The highest BCUT2D eigenvalue weighted by Gasteiger charge is 2.37. The first-order chi connectivity index (χ1) is 17.5. The molecule has 5 rings (SSSR count). The lowest BCUT2D eigenvalue weighted by Gasteiger charge is -2.31. The standard InChI is InChI=1S/C30H32N2O4/c1-18(2)36-26-12-8-5-9-21(26)30-29-24(31-22-10-6-7-11-23(22)32-30)15-20(16-25(29)33)19-13-14-27(34-3)28(17-19)35-4/h5-14,17-18,20,30-32H,15-16H2,1-4H3/t20-,30+/m1/s1. The fourth-order valence-corrected chi connectivity index (χ4v) is 5.15. The molecule has 6 nitrogen and oxygen atoms in total. The molecule has 1 aliphatic heterocycles. The molecule has 3 aromatic rings. The second-order valence-electron chi connectivity index (χ2n) is 9.49. The molecule has 2 atom stereocenters. The van der Waals surface area contributed by atoms with Crippen LogP contribution in [0.1, 0.15) is 49.8 Å². The van der Waals surface area contributed by atoms with Crippen LogP contribution in [0.4, 0.5) is 11.4 Å². The summed E-state index contributed by atoms with van der Waals surface area (Å²) in [6, 6.07) is 21.6. The van der Waals surface area contributed by atoms with Crippen molar-refractivity contribution in [3.63, 3.8) is 0 Å². The molecule has 0 amide bonds. The zero-order chi connectivity index (χ0) is 25.2. The highest BCUT2D eigenvalue weighted by molar-refractivity contribution is 6.01. The van der Waals surface area contributed by atoms with Crippen LogP contribution in [0.2, 0.25) is 0 Å². The number of carbonyl (C=O) groups is 1. The number of fused-ring (bicyclic) bond motifs is 1. The Morgan fingerprint density at radius 1 is 0.833 bits per heavy atom. The summed E-state index contributed by atoms with van der Waals surface area (Å²) in [5, 5.41) is 7.25. The van der Waals surface area contributed by atoms with Gasteiger partial charge < -0.3 is 24.8 Å². The van der Waals surface area contributed by atoms with E-state index in [0.29, 0.717) is 24.3 Å². The van der Waals surface area contributed by atoms with Gasteiger partial charge in [-0.2, -0.15) is 0 Å². The Balaban J connectivity index is 1.60. The Hall–Kier alpha value is -3.93. The molecule has 6 heteroatoms. The second kappa shape index (κ2) is 9.97. The van der Waals surface area contributed by atoms with Gasteiger partial charge in [0.1, 0.15) is 5.75 Å². The first kappa shape index (κ1) is 23.8. The average molecular weight is 485 g/mol. The number of Topliss-reactive ketones (excluding diaryl/α,β-unsaturated/α-hetero) is 1. The molecule has 0 spiro atoms. The maximum absolute atomic E-state index is 13.9.